The van der Waals surface area contributed by atoms with Crippen LogP contribution in [-0.4, -0.2) is 17.0 Å². The zero-order chi connectivity index (χ0) is 12.4. The standard InChI is InChI=1S/C13H17FN2S/c1-8-4-5-11(6-12(8)14)10(3)16-13-15-9(2)7-17-13/h4-6,9-10H,7H2,1-3H3,(H,15,16). The summed E-state index contributed by atoms with van der Waals surface area (Å²) in [5, 5.41) is 4.28. The molecule has 0 radical (unpaired) electrons. The minimum Gasteiger partial charge on any atom is -0.358 e. The number of hydrogen-bond donors (Lipinski definition) is 1. The van der Waals surface area contributed by atoms with Crippen molar-refractivity contribution in [2.75, 3.05) is 5.75 Å². The maximum absolute atomic E-state index is 13.5. The molecule has 4 heteroatoms. The Morgan fingerprint density at radius 3 is 2.88 bits per heavy atom. The van der Waals surface area contributed by atoms with Gasteiger partial charge in [0.05, 0.1) is 12.1 Å². The maximum Gasteiger partial charge on any atom is 0.157 e. The molecule has 2 nitrogen and oxygen atoms in total. The molecule has 0 fully saturated rings. The second kappa shape index (κ2) is 5.08. The molecule has 1 aromatic carbocycles. The van der Waals surface area contributed by atoms with E-state index in [9.17, 15) is 4.39 Å². The molecule has 0 bridgehead atoms. The first-order valence-corrected chi connectivity index (χ1v) is 6.78. The average Bonchev–Trinajstić information content (AvgIpc) is 2.68. The molecule has 92 valence electrons. The largest absolute Gasteiger partial charge is 0.358 e. The normalized spacial score (nSPS) is 21.2. The van der Waals surface area contributed by atoms with Crippen LogP contribution < -0.4 is 5.32 Å². The Bertz CT molecular complexity index is 445. The number of amidine groups is 1. The Morgan fingerprint density at radius 1 is 1.53 bits per heavy atom. The van der Waals surface area contributed by atoms with Crippen LogP contribution in [0.5, 0.6) is 0 Å². The smallest absolute Gasteiger partial charge is 0.157 e. The number of aryl methyl sites for hydroxylation is 1. The summed E-state index contributed by atoms with van der Waals surface area (Å²) in [5.41, 5.74) is 1.64. The fraction of sp³-hybridized carbons (Fsp3) is 0.462. The summed E-state index contributed by atoms with van der Waals surface area (Å²) in [5.74, 6) is 0.877. The number of halogens is 1. The zero-order valence-electron chi connectivity index (χ0n) is 10.3. The Hall–Kier alpha value is -1.03. The number of aliphatic imine (C=N–C) groups is 1. The Kier molecular flexibility index (Phi) is 3.72. The Morgan fingerprint density at radius 2 is 2.29 bits per heavy atom. The number of hydrogen-bond acceptors (Lipinski definition) is 3. The summed E-state index contributed by atoms with van der Waals surface area (Å²) < 4.78 is 13.5. The lowest BCUT2D eigenvalue weighted by Crippen LogP contribution is -2.23. The SMILES string of the molecule is Cc1ccc(C(C)NC2=NC(C)CS2)cc1F. The van der Waals surface area contributed by atoms with Gasteiger partial charge < -0.3 is 5.32 Å². The topological polar surface area (TPSA) is 24.4 Å². The fourth-order valence-corrected chi connectivity index (χ4v) is 2.69. The monoisotopic (exact) mass is 252 g/mol. The number of nitrogens with zero attached hydrogens (tertiary/aromatic N) is 1. The number of thioether (sulfide) groups is 1. The third kappa shape index (κ3) is 3.00. The predicted octanol–water partition coefficient (Wildman–Crippen LogP) is 3.28. The summed E-state index contributed by atoms with van der Waals surface area (Å²) in [6, 6.07) is 5.83. The van der Waals surface area contributed by atoms with E-state index in [2.05, 4.69) is 17.2 Å². The van der Waals surface area contributed by atoms with Crippen LogP contribution >= 0.6 is 11.8 Å². The van der Waals surface area contributed by atoms with Crippen molar-refractivity contribution < 1.29 is 4.39 Å². The molecule has 2 unspecified atom stereocenters. The van der Waals surface area contributed by atoms with E-state index in [1.807, 2.05) is 19.1 Å². The van der Waals surface area contributed by atoms with E-state index in [0.717, 1.165) is 16.5 Å². The fourth-order valence-electron chi connectivity index (χ4n) is 1.70. The van der Waals surface area contributed by atoms with E-state index >= 15 is 0 Å². The van der Waals surface area contributed by atoms with Gasteiger partial charge in [0.2, 0.25) is 0 Å². The van der Waals surface area contributed by atoms with Crippen molar-refractivity contribution >= 4 is 16.9 Å². The van der Waals surface area contributed by atoms with Gasteiger partial charge in [-0.05, 0) is 38.0 Å². The van der Waals surface area contributed by atoms with Crippen molar-refractivity contribution in [1.82, 2.24) is 5.32 Å². The minimum atomic E-state index is -0.148. The van der Waals surface area contributed by atoms with Gasteiger partial charge in [-0.25, -0.2) is 4.39 Å². The molecule has 0 spiro atoms. The molecular weight excluding hydrogens is 235 g/mol. The highest BCUT2D eigenvalue weighted by Crippen LogP contribution is 2.21. The lowest BCUT2D eigenvalue weighted by atomic mass is 10.1. The summed E-state index contributed by atoms with van der Waals surface area (Å²) in [6.07, 6.45) is 0. The molecule has 0 saturated heterocycles. The maximum atomic E-state index is 13.5. The molecule has 1 aliphatic rings. The van der Waals surface area contributed by atoms with E-state index in [4.69, 9.17) is 0 Å². The van der Waals surface area contributed by atoms with E-state index in [0.29, 0.717) is 11.6 Å². The number of benzene rings is 1. The van der Waals surface area contributed by atoms with Crippen molar-refractivity contribution in [2.45, 2.75) is 32.9 Å². The van der Waals surface area contributed by atoms with Crippen molar-refractivity contribution in [1.29, 1.82) is 0 Å². The van der Waals surface area contributed by atoms with Crippen LogP contribution in [0.3, 0.4) is 0 Å². The summed E-state index contributed by atoms with van der Waals surface area (Å²) in [6.45, 7) is 5.89. The van der Waals surface area contributed by atoms with Crippen molar-refractivity contribution in [3.63, 3.8) is 0 Å². The van der Waals surface area contributed by atoms with Crippen LogP contribution in [0.1, 0.15) is 31.0 Å². The second-order valence-electron chi connectivity index (χ2n) is 4.47. The molecule has 2 atom stereocenters. The van der Waals surface area contributed by atoms with Crippen LogP contribution in [0, 0.1) is 12.7 Å². The van der Waals surface area contributed by atoms with Crippen LogP contribution in [-0.2, 0) is 0 Å². The summed E-state index contributed by atoms with van der Waals surface area (Å²) >= 11 is 1.73. The molecule has 1 aromatic rings. The van der Waals surface area contributed by atoms with Gasteiger partial charge in [-0.1, -0.05) is 23.9 Å². The lowest BCUT2D eigenvalue weighted by Gasteiger charge is -2.15. The molecule has 0 aromatic heterocycles. The summed E-state index contributed by atoms with van der Waals surface area (Å²) in [4.78, 5) is 4.47. The minimum absolute atomic E-state index is 0.0849. The highest BCUT2D eigenvalue weighted by atomic mass is 32.2. The van der Waals surface area contributed by atoms with Gasteiger partial charge in [0, 0.05) is 5.75 Å². The molecule has 0 saturated carbocycles. The van der Waals surface area contributed by atoms with Gasteiger partial charge in [-0.15, -0.1) is 0 Å². The van der Waals surface area contributed by atoms with Gasteiger partial charge >= 0.3 is 0 Å². The molecule has 2 rings (SSSR count). The summed E-state index contributed by atoms with van der Waals surface area (Å²) in [7, 11) is 0. The second-order valence-corrected chi connectivity index (χ2v) is 5.48. The average molecular weight is 252 g/mol. The Labute approximate surface area is 106 Å². The number of nitrogens with one attached hydrogen (secondary N) is 1. The van der Waals surface area contributed by atoms with Gasteiger partial charge in [0.25, 0.3) is 0 Å². The van der Waals surface area contributed by atoms with Gasteiger partial charge in [0.15, 0.2) is 5.17 Å². The third-order valence-electron chi connectivity index (χ3n) is 2.83. The first-order chi connectivity index (χ1) is 8.06. The lowest BCUT2D eigenvalue weighted by molar-refractivity contribution is 0.609. The third-order valence-corrected chi connectivity index (χ3v) is 3.98. The first-order valence-electron chi connectivity index (χ1n) is 5.79. The highest BCUT2D eigenvalue weighted by molar-refractivity contribution is 8.14. The van der Waals surface area contributed by atoms with E-state index in [1.165, 1.54) is 0 Å². The predicted molar refractivity (Wildman–Crippen MR) is 72.0 cm³/mol. The van der Waals surface area contributed by atoms with Gasteiger partial charge in [-0.2, -0.15) is 0 Å². The van der Waals surface area contributed by atoms with Crippen LogP contribution in [0.4, 0.5) is 4.39 Å². The van der Waals surface area contributed by atoms with Crippen LogP contribution in [0.15, 0.2) is 23.2 Å². The zero-order valence-corrected chi connectivity index (χ0v) is 11.1. The number of rotatable bonds is 2. The molecule has 0 amide bonds. The molecule has 0 aliphatic carbocycles. The molecule has 1 aliphatic heterocycles. The van der Waals surface area contributed by atoms with Crippen LogP contribution in [0.2, 0.25) is 0 Å². The Balaban J connectivity index is 2.06. The first kappa shape index (κ1) is 12.4. The highest BCUT2D eigenvalue weighted by Gasteiger charge is 2.16. The van der Waals surface area contributed by atoms with Crippen LogP contribution in [0.25, 0.3) is 0 Å². The molecule has 1 N–H and O–H groups in total. The van der Waals surface area contributed by atoms with Gasteiger partial charge in [-0.3, -0.25) is 4.99 Å². The van der Waals surface area contributed by atoms with Crippen molar-refractivity contribution in [3.05, 3.63) is 35.1 Å². The van der Waals surface area contributed by atoms with Crippen molar-refractivity contribution in [2.24, 2.45) is 4.99 Å². The van der Waals surface area contributed by atoms with E-state index < -0.39 is 0 Å². The molecular formula is C13H17FN2S. The molecule has 1 heterocycles. The van der Waals surface area contributed by atoms with E-state index in [-0.39, 0.29) is 11.9 Å². The van der Waals surface area contributed by atoms with Gasteiger partial charge in [0.1, 0.15) is 5.82 Å². The molecule has 17 heavy (non-hydrogen) atoms. The quantitative estimate of drug-likeness (QED) is 0.873. The van der Waals surface area contributed by atoms with E-state index in [1.54, 1.807) is 24.8 Å². The van der Waals surface area contributed by atoms with Crippen molar-refractivity contribution in [3.8, 4) is 0 Å².